The van der Waals surface area contributed by atoms with Crippen LogP contribution in [0.3, 0.4) is 0 Å². The summed E-state index contributed by atoms with van der Waals surface area (Å²) in [6.45, 7) is 0.375. The maximum absolute atomic E-state index is 11.9. The van der Waals surface area contributed by atoms with Crippen LogP contribution in [0.15, 0.2) is 22.7 Å². The van der Waals surface area contributed by atoms with Crippen LogP contribution in [0.5, 0.6) is 5.75 Å². The molecule has 0 heterocycles. The van der Waals surface area contributed by atoms with Crippen LogP contribution in [0.2, 0.25) is 0 Å². The fourth-order valence-corrected chi connectivity index (χ4v) is 1.55. The van der Waals surface area contributed by atoms with E-state index < -0.39 is 12.2 Å². The molecule has 1 aromatic rings. The van der Waals surface area contributed by atoms with Crippen LogP contribution in [-0.4, -0.2) is 11.7 Å². The highest BCUT2D eigenvalue weighted by molar-refractivity contribution is 9.10. The average molecular weight is 281 g/mol. The van der Waals surface area contributed by atoms with Gasteiger partial charge >= 0.3 is 6.61 Å². The lowest BCUT2D eigenvalue weighted by Gasteiger charge is -2.18. The predicted octanol–water partition coefficient (Wildman–Crippen LogP) is 3.28. The van der Waals surface area contributed by atoms with Crippen LogP contribution in [-0.2, 0) is 5.60 Å². The topological polar surface area (TPSA) is 29.5 Å². The highest BCUT2D eigenvalue weighted by Gasteiger charge is 2.18. The number of rotatable bonds is 3. The van der Waals surface area contributed by atoms with E-state index in [2.05, 4.69) is 20.7 Å². The van der Waals surface area contributed by atoms with Gasteiger partial charge in [0.25, 0.3) is 0 Å². The molecule has 0 atom stereocenters. The molecule has 0 aromatic heterocycles. The average Bonchev–Trinajstić information content (AvgIpc) is 2.05. The van der Waals surface area contributed by atoms with Crippen molar-refractivity contribution >= 4 is 15.9 Å². The Bertz CT molecular complexity index is 348. The van der Waals surface area contributed by atoms with Gasteiger partial charge in [0.1, 0.15) is 5.75 Å². The molecule has 0 bridgehead atoms. The van der Waals surface area contributed by atoms with Gasteiger partial charge in [-0.1, -0.05) is 6.07 Å². The number of benzene rings is 1. The Hall–Kier alpha value is -0.680. The summed E-state index contributed by atoms with van der Waals surface area (Å²) >= 11 is 3.10. The molecular formula is C10H11BrF2O2. The van der Waals surface area contributed by atoms with Gasteiger partial charge in [-0.2, -0.15) is 8.78 Å². The normalized spacial score (nSPS) is 11.9. The van der Waals surface area contributed by atoms with Crippen molar-refractivity contribution in [2.45, 2.75) is 26.1 Å². The standard InChI is InChI=1S/C10H11BrF2O2/c1-10(2,14)6-3-4-8(7(11)5-6)15-9(12)13/h3-5,9,14H,1-2H3. The zero-order valence-electron chi connectivity index (χ0n) is 8.30. The van der Waals surface area contributed by atoms with Gasteiger partial charge in [-0.25, -0.2) is 0 Å². The zero-order chi connectivity index (χ0) is 11.6. The lowest BCUT2D eigenvalue weighted by atomic mass is 9.99. The van der Waals surface area contributed by atoms with Gasteiger partial charge in [-0.05, 0) is 47.5 Å². The Morgan fingerprint density at radius 3 is 2.40 bits per heavy atom. The van der Waals surface area contributed by atoms with Crippen molar-refractivity contribution in [1.82, 2.24) is 0 Å². The second-order valence-corrected chi connectivity index (χ2v) is 4.44. The van der Waals surface area contributed by atoms with Gasteiger partial charge in [0.15, 0.2) is 0 Å². The number of hydrogen-bond donors (Lipinski definition) is 1. The molecule has 0 saturated carbocycles. The molecule has 15 heavy (non-hydrogen) atoms. The molecule has 0 unspecified atom stereocenters. The van der Waals surface area contributed by atoms with Gasteiger partial charge < -0.3 is 9.84 Å². The number of ether oxygens (including phenoxy) is 1. The highest BCUT2D eigenvalue weighted by Crippen LogP contribution is 2.31. The third kappa shape index (κ3) is 3.43. The summed E-state index contributed by atoms with van der Waals surface area (Å²) in [7, 11) is 0. The molecule has 1 N–H and O–H groups in total. The van der Waals surface area contributed by atoms with E-state index in [1.165, 1.54) is 6.07 Å². The van der Waals surface area contributed by atoms with Gasteiger partial charge in [0.2, 0.25) is 0 Å². The summed E-state index contributed by atoms with van der Waals surface area (Å²) < 4.78 is 28.5. The van der Waals surface area contributed by atoms with Crippen molar-refractivity contribution in [2.75, 3.05) is 0 Å². The van der Waals surface area contributed by atoms with E-state index in [0.717, 1.165) is 0 Å². The third-order valence-corrected chi connectivity index (χ3v) is 2.47. The number of alkyl halides is 2. The second kappa shape index (κ2) is 4.45. The molecule has 1 rings (SSSR count). The van der Waals surface area contributed by atoms with E-state index in [9.17, 15) is 13.9 Å². The highest BCUT2D eigenvalue weighted by atomic mass is 79.9. The first-order valence-electron chi connectivity index (χ1n) is 4.28. The number of aliphatic hydroxyl groups is 1. The maximum atomic E-state index is 11.9. The molecule has 0 saturated heterocycles. The summed E-state index contributed by atoms with van der Waals surface area (Å²) in [5.41, 5.74) is -0.387. The van der Waals surface area contributed by atoms with E-state index in [1.807, 2.05) is 0 Å². The third-order valence-electron chi connectivity index (χ3n) is 1.85. The first-order valence-corrected chi connectivity index (χ1v) is 5.07. The van der Waals surface area contributed by atoms with Crippen molar-refractivity contribution < 1.29 is 18.6 Å². The molecule has 0 aliphatic rings. The van der Waals surface area contributed by atoms with Gasteiger partial charge in [-0.15, -0.1) is 0 Å². The molecule has 0 aliphatic carbocycles. The molecule has 0 radical (unpaired) electrons. The fourth-order valence-electron chi connectivity index (χ4n) is 1.07. The van der Waals surface area contributed by atoms with E-state index in [-0.39, 0.29) is 5.75 Å². The smallest absolute Gasteiger partial charge is 0.387 e. The molecule has 5 heteroatoms. The van der Waals surface area contributed by atoms with E-state index in [0.29, 0.717) is 10.0 Å². The largest absolute Gasteiger partial charge is 0.434 e. The monoisotopic (exact) mass is 280 g/mol. The molecule has 0 fully saturated rings. The molecule has 2 nitrogen and oxygen atoms in total. The van der Waals surface area contributed by atoms with E-state index in [4.69, 9.17) is 0 Å². The van der Waals surface area contributed by atoms with Crippen LogP contribution in [0.4, 0.5) is 8.78 Å². The van der Waals surface area contributed by atoms with Crippen LogP contribution in [0.25, 0.3) is 0 Å². The lowest BCUT2D eigenvalue weighted by Crippen LogP contribution is -2.15. The SMILES string of the molecule is CC(C)(O)c1ccc(OC(F)F)c(Br)c1. The van der Waals surface area contributed by atoms with Crippen molar-refractivity contribution in [2.24, 2.45) is 0 Å². The summed E-state index contributed by atoms with van der Waals surface area (Å²) in [5.74, 6) is 0.0537. The molecule has 0 amide bonds. The van der Waals surface area contributed by atoms with Crippen LogP contribution >= 0.6 is 15.9 Å². The van der Waals surface area contributed by atoms with Crippen molar-refractivity contribution in [3.8, 4) is 5.75 Å². The van der Waals surface area contributed by atoms with Crippen molar-refractivity contribution in [3.05, 3.63) is 28.2 Å². The summed E-state index contributed by atoms with van der Waals surface area (Å²) in [4.78, 5) is 0. The maximum Gasteiger partial charge on any atom is 0.387 e. The second-order valence-electron chi connectivity index (χ2n) is 3.58. The fraction of sp³-hybridized carbons (Fsp3) is 0.400. The Balaban J connectivity index is 2.98. The molecule has 84 valence electrons. The van der Waals surface area contributed by atoms with Crippen molar-refractivity contribution in [1.29, 1.82) is 0 Å². The zero-order valence-corrected chi connectivity index (χ0v) is 9.88. The minimum Gasteiger partial charge on any atom is -0.434 e. The molecule has 0 spiro atoms. The molecular weight excluding hydrogens is 270 g/mol. The number of hydrogen-bond acceptors (Lipinski definition) is 2. The minimum atomic E-state index is -2.85. The minimum absolute atomic E-state index is 0.0537. The van der Waals surface area contributed by atoms with E-state index in [1.54, 1.807) is 26.0 Å². The van der Waals surface area contributed by atoms with Crippen LogP contribution in [0.1, 0.15) is 19.4 Å². The predicted molar refractivity (Wildman–Crippen MR) is 56.0 cm³/mol. The Morgan fingerprint density at radius 1 is 1.40 bits per heavy atom. The summed E-state index contributed by atoms with van der Waals surface area (Å²) in [5, 5.41) is 9.68. The van der Waals surface area contributed by atoms with Crippen molar-refractivity contribution in [3.63, 3.8) is 0 Å². The Morgan fingerprint density at radius 2 is 2.00 bits per heavy atom. The Kier molecular flexibility index (Phi) is 3.67. The first kappa shape index (κ1) is 12.4. The molecule has 0 aliphatic heterocycles. The number of halogens is 3. The first-order chi connectivity index (χ1) is 6.80. The van der Waals surface area contributed by atoms with Crippen LogP contribution in [0, 0.1) is 0 Å². The summed E-state index contributed by atoms with van der Waals surface area (Å²) in [6, 6.07) is 4.49. The van der Waals surface area contributed by atoms with Gasteiger partial charge in [0, 0.05) is 0 Å². The van der Waals surface area contributed by atoms with Gasteiger partial charge in [-0.3, -0.25) is 0 Å². The summed E-state index contributed by atoms with van der Waals surface area (Å²) in [6.07, 6.45) is 0. The van der Waals surface area contributed by atoms with E-state index >= 15 is 0 Å². The Labute approximate surface area is 95.0 Å². The molecule has 1 aromatic carbocycles. The van der Waals surface area contributed by atoms with Crippen LogP contribution < -0.4 is 4.74 Å². The lowest BCUT2D eigenvalue weighted by molar-refractivity contribution is -0.0503. The van der Waals surface area contributed by atoms with Gasteiger partial charge in [0.05, 0.1) is 10.1 Å². The quantitative estimate of drug-likeness (QED) is 0.921.